The van der Waals surface area contributed by atoms with Crippen LogP contribution in [0.25, 0.3) is 0 Å². The van der Waals surface area contributed by atoms with E-state index in [1.807, 2.05) is 12.1 Å². The third kappa shape index (κ3) is 2.98. The van der Waals surface area contributed by atoms with Crippen molar-refractivity contribution in [3.05, 3.63) is 88.0 Å². The minimum Gasteiger partial charge on any atom is -0.486 e. The van der Waals surface area contributed by atoms with Crippen molar-refractivity contribution in [1.29, 1.82) is 0 Å². The van der Waals surface area contributed by atoms with Crippen LogP contribution in [0.4, 0.5) is 17.1 Å². The second-order valence-corrected chi connectivity index (χ2v) is 6.95. The number of nitro groups is 1. The molecule has 0 unspecified atom stereocenters. The summed E-state index contributed by atoms with van der Waals surface area (Å²) in [6.07, 6.45) is -0.630. The van der Waals surface area contributed by atoms with E-state index in [4.69, 9.17) is 9.47 Å². The van der Waals surface area contributed by atoms with Crippen LogP contribution in [0, 0.1) is 10.1 Å². The third-order valence-electron chi connectivity index (χ3n) is 5.13. The summed E-state index contributed by atoms with van der Waals surface area (Å²) in [4.78, 5) is 25.9. The third-order valence-corrected chi connectivity index (χ3v) is 5.13. The van der Waals surface area contributed by atoms with Crippen LogP contribution in [0.2, 0.25) is 0 Å². The van der Waals surface area contributed by atoms with Gasteiger partial charge in [-0.05, 0) is 24.3 Å². The summed E-state index contributed by atoms with van der Waals surface area (Å²) in [5.74, 6) is 0.968. The highest BCUT2D eigenvalue weighted by Gasteiger charge is 2.35. The van der Waals surface area contributed by atoms with E-state index in [0.29, 0.717) is 47.2 Å². The van der Waals surface area contributed by atoms with Gasteiger partial charge in [0.25, 0.3) is 11.6 Å². The number of rotatable bonds is 3. The number of anilines is 2. The molecule has 0 aliphatic carbocycles. The largest absolute Gasteiger partial charge is 0.486 e. The quantitative estimate of drug-likeness (QED) is 0.522. The molecule has 1 N–H and O–H groups in total. The Balaban J connectivity index is 1.64. The second-order valence-electron chi connectivity index (χ2n) is 6.95. The van der Waals surface area contributed by atoms with Crippen molar-refractivity contribution in [2.75, 3.05) is 23.4 Å². The number of hydrogen-bond acceptors (Lipinski definition) is 6. The number of ether oxygens (including phenoxy) is 2. The Hall–Kier alpha value is -4.07. The van der Waals surface area contributed by atoms with Crippen LogP contribution in [0.15, 0.2) is 66.7 Å². The average Bonchev–Trinajstić information content (AvgIpc) is 2.79. The molecule has 30 heavy (non-hydrogen) atoms. The summed E-state index contributed by atoms with van der Waals surface area (Å²) in [5.41, 5.74) is 2.36. The highest BCUT2D eigenvalue weighted by molar-refractivity contribution is 6.12. The monoisotopic (exact) mass is 403 g/mol. The van der Waals surface area contributed by atoms with E-state index in [1.165, 1.54) is 12.1 Å². The van der Waals surface area contributed by atoms with E-state index >= 15 is 0 Å². The van der Waals surface area contributed by atoms with Gasteiger partial charge in [0.15, 0.2) is 11.5 Å². The first-order chi connectivity index (χ1) is 14.6. The maximum atomic E-state index is 13.5. The SMILES string of the molecule is O=C1c2ccccc2N[C@H](c2cccc([N+](=O)[O-])c2)N1c1ccc2c(c1)OCCO2. The predicted octanol–water partition coefficient (Wildman–Crippen LogP) is 4.14. The zero-order chi connectivity index (χ0) is 20.7. The van der Waals surface area contributed by atoms with Crippen LogP contribution in [0.3, 0.4) is 0 Å². The highest BCUT2D eigenvalue weighted by atomic mass is 16.6. The van der Waals surface area contributed by atoms with Gasteiger partial charge in [-0.15, -0.1) is 0 Å². The van der Waals surface area contributed by atoms with Crippen molar-refractivity contribution in [2.45, 2.75) is 6.17 Å². The second kappa shape index (κ2) is 7.07. The van der Waals surface area contributed by atoms with Gasteiger partial charge in [0, 0.05) is 29.4 Å². The van der Waals surface area contributed by atoms with Gasteiger partial charge < -0.3 is 14.8 Å². The smallest absolute Gasteiger partial charge is 0.269 e. The molecule has 0 saturated heterocycles. The number of nitrogens with one attached hydrogen (secondary N) is 1. The zero-order valence-electron chi connectivity index (χ0n) is 15.8. The van der Waals surface area contributed by atoms with Gasteiger partial charge >= 0.3 is 0 Å². The first kappa shape index (κ1) is 18.0. The Morgan fingerprint density at radius 1 is 0.967 bits per heavy atom. The van der Waals surface area contributed by atoms with E-state index in [2.05, 4.69) is 5.32 Å². The molecule has 8 nitrogen and oxygen atoms in total. The van der Waals surface area contributed by atoms with E-state index in [0.717, 1.165) is 0 Å². The molecule has 2 aliphatic rings. The first-order valence-electron chi connectivity index (χ1n) is 9.45. The molecule has 0 aromatic heterocycles. The Bertz CT molecular complexity index is 1160. The lowest BCUT2D eigenvalue weighted by molar-refractivity contribution is -0.384. The topological polar surface area (TPSA) is 93.9 Å². The summed E-state index contributed by atoms with van der Waals surface area (Å²) in [5, 5.41) is 14.6. The number of nitrogens with zero attached hydrogens (tertiary/aromatic N) is 2. The Morgan fingerprint density at radius 2 is 1.77 bits per heavy atom. The molecule has 2 heterocycles. The summed E-state index contributed by atoms with van der Waals surface area (Å²) >= 11 is 0. The summed E-state index contributed by atoms with van der Waals surface area (Å²) in [6.45, 7) is 0.903. The number of fused-ring (bicyclic) bond motifs is 2. The maximum Gasteiger partial charge on any atom is 0.269 e. The number of hydrogen-bond donors (Lipinski definition) is 1. The molecule has 0 spiro atoms. The lowest BCUT2D eigenvalue weighted by Crippen LogP contribution is -2.43. The van der Waals surface area contributed by atoms with Gasteiger partial charge in [0.2, 0.25) is 0 Å². The molecule has 1 amide bonds. The lowest BCUT2D eigenvalue weighted by Gasteiger charge is -2.38. The van der Waals surface area contributed by atoms with Gasteiger partial charge in [-0.2, -0.15) is 0 Å². The summed E-state index contributed by atoms with van der Waals surface area (Å²) < 4.78 is 11.3. The number of amides is 1. The molecule has 2 aliphatic heterocycles. The van der Waals surface area contributed by atoms with Crippen molar-refractivity contribution < 1.29 is 19.2 Å². The maximum absolute atomic E-state index is 13.5. The summed E-state index contributed by atoms with van der Waals surface area (Å²) in [7, 11) is 0. The molecule has 5 rings (SSSR count). The average molecular weight is 403 g/mol. The van der Waals surface area contributed by atoms with Crippen LogP contribution in [0.5, 0.6) is 11.5 Å². The van der Waals surface area contributed by atoms with Gasteiger partial charge in [-0.1, -0.05) is 24.3 Å². The van der Waals surface area contributed by atoms with Crippen LogP contribution in [-0.4, -0.2) is 24.0 Å². The van der Waals surface area contributed by atoms with Gasteiger partial charge in [0.05, 0.1) is 16.2 Å². The lowest BCUT2D eigenvalue weighted by atomic mass is 10.0. The Labute approximate surface area is 171 Å². The van der Waals surface area contributed by atoms with E-state index in [9.17, 15) is 14.9 Å². The molecule has 0 bridgehead atoms. The fourth-order valence-electron chi connectivity index (χ4n) is 3.74. The fraction of sp³-hybridized carbons (Fsp3) is 0.136. The van der Waals surface area contributed by atoms with Gasteiger partial charge in [-0.25, -0.2) is 0 Å². The van der Waals surface area contributed by atoms with Crippen molar-refractivity contribution >= 4 is 23.0 Å². The molecule has 0 saturated carbocycles. The molecule has 0 fully saturated rings. The molecular formula is C22H17N3O5. The molecule has 3 aromatic rings. The van der Waals surface area contributed by atoms with Crippen molar-refractivity contribution in [2.24, 2.45) is 0 Å². The van der Waals surface area contributed by atoms with Crippen molar-refractivity contribution in [3.8, 4) is 11.5 Å². The van der Waals surface area contributed by atoms with Crippen LogP contribution in [0.1, 0.15) is 22.1 Å². The molecule has 3 aromatic carbocycles. The number of para-hydroxylation sites is 1. The first-order valence-corrected chi connectivity index (χ1v) is 9.45. The fourth-order valence-corrected chi connectivity index (χ4v) is 3.74. The van der Waals surface area contributed by atoms with Gasteiger partial charge in [0.1, 0.15) is 19.4 Å². The normalized spacial score (nSPS) is 17.1. The number of benzene rings is 3. The minimum atomic E-state index is -0.630. The molecule has 150 valence electrons. The number of carbonyl (C=O) groups is 1. The van der Waals surface area contributed by atoms with Crippen molar-refractivity contribution in [3.63, 3.8) is 0 Å². The van der Waals surface area contributed by atoms with E-state index in [1.54, 1.807) is 47.4 Å². The van der Waals surface area contributed by atoms with Crippen molar-refractivity contribution in [1.82, 2.24) is 0 Å². The standard InChI is InChI=1S/C22H17N3O5/c26-22-17-6-1-2-7-18(17)23-21(14-4-3-5-16(12-14)25(27)28)24(22)15-8-9-19-20(13-15)30-11-10-29-19/h1-9,12-13,21,23H,10-11H2/t21-/m0/s1. The number of carbonyl (C=O) groups excluding carboxylic acids is 1. The zero-order valence-corrected chi connectivity index (χ0v) is 15.8. The summed E-state index contributed by atoms with van der Waals surface area (Å²) in [6, 6.07) is 18.8. The molecule has 0 radical (unpaired) electrons. The number of nitro benzene ring substituents is 1. The van der Waals surface area contributed by atoms with E-state index in [-0.39, 0.29) is 11.6 Å². The van der Waals surface area contributed by atoms with E-state index < -0.39 is 11.1 Å². The Kier molecular flexibility index (Phi) is 4.24. The van der Waals surface area contributed by atoms with Crippen LogP contribution >= 0.6 is 0 Å². The predicted molar refractivity (Wildman–Crippen MR) is 110 cm³/mol. The number of non-ortho nitro benzene ring substituents is 1. The highest BCUT2D eigenvalue weighted by Crippen LogP contribution is 2.41. The molecular weight excluding hydrogens is 386 g/mol. The Morgan fingerprint density at radius 3 is 2.60 bits per heavy atom. The minimum absolute atomic E-state index is 0.0391. The van der Waals surface area contributed by atoms with Crippen LogP contribution < -0.4 is 19.7 Å². The van der Waals surface area contributed by atoms with Crippen LogP contribution in [-0.2, 0) is 0 Å². The molecule has 8 heteroatoms. The molecule has 1 atom stereocenters. The van der Waals surface area contributed by atoms with Gasteiger partial charge in [-0.3, -0.25) is 19.8 Å².